The molecule has 0 heterocycles. The third-order valence-corrected chi connectivity index (χ3v) is 14.2. The van der Waals surface area contributed by atoms with Gasteiger partial charge in [0.25, 0.3) is 11.4 Å². The van der Waals surface area contributed by atoms with E-state index in [4.69, 9.17) is 53.1 Å². The van der Waals surface area contributed by atoms with Crippen LogP contribution in [-0.4, -0.2) is 133 Å². The lowest BCUT2D eigenvalue weighted by Crippen LogP contribution is -2.43. The van der Waals surface area contributed by atoms with E-state index in [9.17, 15) is 79.9 Å². The molecule has 0 saturated heterocycles. The Kier molecular flexibility index (Phi) is 28.2. The van der Waals surface area contributed by atoms with Crippen molar-refractivity contribution in [2.75, 3.05) is 56.8 Å². The van der Waals surface area contributed by atoms with Crippen molar-refractivity contribution < 1.29 is 98.5 Å². The average Bonchev–Trinajstić information content (AvgIpc) is 3.61. The van der Waals surface area contributed by atoms with Gasteiger partial charge in [-0.15, -0.1) is 11.6 Å². The Hall–Kier alpha value is -7.20. The van der Waals surface area contributed by atoms with E-state index in [0.29, 0.717) is 19.1 Å². The molecule has 5 rings (SSSR count). The zero-order valence-electron chi connectivity index (χ0n) is 45.6. The zero-order valence-corrected chi connectivity index (χ0v) is 48.9. The number of ether oxygens (including phenoxy) is 4. The number of aliphatic carboxylic acids is 1. The Bertz CT molecular complexity index is 3200. The number of benzene rings is 4. The van der Waals surface area contributed by atoms with Gasteiger partial charge in [0.05, 0.1) is 55.8 Å². The van der Waals surface area contributed by atoms with Crippen molar-refractivity contribution in [1.29, 1.82) is 0 Å². The van der Waals surface area contributed by atoms with Gasteiger partial charge < -0.3 is 39.6 Å². The Morgan fingerprint density at radius 2 is 1.54 bits per heavy atom. The fourth-order valence-corrected chi connectivity index (χ4v) is 9.22. The van der Waals surface area contributed by atoms with E-state index in [-0.39, 0.29) is 71.3 Å². The number of amides is 1. The van der Waals surface area contributed by atoms with E-state index >= 15 is 0 Å². The zero-order chi connectivity index (χ0) is 63.3. The lowest BCUT2D eigenvalue weighted by atomic mass is 9.81. The minimum Gasteiger partial charge on any atom is -0.480 e. The number of halogens is 5. The maximum atomic E-state index is 12.7. The summed E-state index contributed by atoms with van der Waals surface area (Å²) in [6.07, 6.45) is -2.36. The fourth-order valence-electron chi connectivity index (χ4n) is 7.47. The van der Waals surface area contributed by atoms with Crippen LogP contribution in [0.4, 0.5) is 30.2 Å². The number of sulfone groups is 1. The van der Waals surface area contributed by atoms with Crippen LogP contribution in [0.2, 0.25) is 5.02 Å². The fraction of sp³-hybridized carbons (Fsp3) is 0.404. The Morgan fingerprint density at radius 3 is 2.04 bits per heavy atom. The molecule has 0 aliphatic heterocycles. The normalized spacial score (nSPS) is 13.8. The number of esters is 2. The van der Waals surface area contributed by atoms with Gasteiger partial charge in [-0.2, -0.15) is 13.2 Å². The third-order valence-electron chi connectivity index (χ3n) is 11.5. The molecule has 0 aromatic heterocycles. The quantitative estimate of drug-likeness (QED) is 0.0133. The molecule has 0 radical (unpaired) electrons. The van der Waals surface area contributed by atoms with Crippen molar-refractivity contribution >= 4 is 98.6 Å². The van der Waals surface area contributed by atoms with Gasteiger partial charge >= 0.3 is 24.1 Å². The lowest BCUT2D eigenvalue weighted by molar-refractivity contribution is -0.385. The molecule has 1 fully saturated rings. The first-order valence-corrected chi connectivity index (χ1v) is 29.6. The van der Waals surface area contributed by atoms with Crippen LogP contribution in [0.5, 0.6) is 11.5 Å². The second kappa shape index (κ2) is 32.6. The predicted octanol–water partition coefficient (Wildman–Crippen LogP) is 8.75. The van der Waals surface area contributed by atoms with Gasteiger partial charge in [-0.3, -0.25) is 48.8 Å². The van der Waals surface area contributed by atoms with Crippen molar-refractivity contribution in [1.82, 2.24) is 0 Å². The average molecular weight is 1250 g/mol. The highest BCUT2D eigenvalue weighted by Crippen LogP contribution is 2.38. The number of alkyl halides is 4. The molecule has 1 aliphatic rings. The van der Waals surface area contributed by atoms with Crippen LogP contribution in [0.1, 0.15) is 83.9 Å². The summed E-state index contributed by atoms with van der Waals surface area (Å²) in [6.45, 7) is 8.57. The number of nitrogens with two attached hydrogens (primary N) is 1. The van der Waals surface area contributed by atoms with Gasteiger partial charge in [0.15, 0.2) is 41.2 Å². The smallest absolute Gasteiger partial charge is 0.416 e. The molecule has 0 bridgehead atoms. The summed E-state index contributed by atoms with van der Waals surface area (Å²) in [5.74, 6) is -7.22. The largest absolute Gasteiger partial charge is 0.480 e. The number of aryl methyl sites for hydroxylation is 2. The maximum Gasteiger partial charge on any atom is 0.416 e. The van der Waals surface area contributed by atoms with Crippen LogP contribution >= 0.6 is 30.6 Å². The number of para-hydroxylation sites is 1. The summed E-state index contributed by atoms with van der Waals surface area (Å²) in [5.41, 5.74) is 4.98. The molecule has 1 saturated carbocycles. The molecule has 4 N–H and O–H groups in total. The number of hydrogen-bond donors (Lipinski definition) is 3. The van der Waals surface area contributed by atoms with E-state index in [2.05, 4.69) is 17.7 Å². The monoisotopic (exact) mass is 1250 g/mol. The molecule has 454 valence electrons. The minimum atomic E-state index is -4.61. The number of nitrogens with zero attached hydrogens (tertiary/aromatic N) is 3. The van der Waals surface area contributed by atoms with Crippen LogP contribution < -0.4 is 15.4 Å². The summed E-state index contributed by atoms with van der Waals surface area (Å²) in [5, 5.41) is 30.2. The molecule has 4 aromatic carbocycles. The van der Waals surface area contributed by atoms with E-state index in [0.717, 1.165) is 78.0 Å². The topological polar surface area (TPSA) is 364 Å². The van der Waals surface area contributed by atoms with Crippen molar-refractivity contribution in [3.63, 3.8) is 0 Å². The van der Waals surface area contributed by atoms with Crippen molar-refractivity contribution in [3.8, 4) is 11.5 Å². The molecule has 4 aromatic rings. The highest BCUT2D eigenvalue weighted by Gasteiger charge is 2.39. The van der Waals surface area contributed by atoms with E-state index in [1.165, 1.54) is 13.6 Å². The van der Waals surface area contributed by atoms with Crippen molar-refractivity contribution in [3.05, 3.63) is 126 Å². The van der Waals surface area contributed by atoms with Gasteiger partial charge in [-0.05, 0) is 87.6 Å². The Morgan fingerprint density at radius 1 is 0.928 bits per heavy atom. The van der Waals surface area contributed by atoms with Crippen LogP contribution in [0, 0.1) is 33.1 Å². The molecular formula is C52H60Cl2F3N4O20PS. The SMILES string of the molecule is CCOC(=O)COC(=O)c1cc(Oc2ccc(C(F)(F)F)cc2Cl)ccc1[N+](=O)[O-].CCc1cccc(C)c1N(C(=O)CCl)C(C)COC.CP(=O)(O)CCC(N)C(=O)O.CS(=O)(=O)c1ccc(C(=O)C2C(=O)CCCC2=O)c([N+](=O)[O-])c1. The first kappa shape index (κ1) is 71.9. The summed E-state index contributed by atoms with van der Waals surface area (Å²) >= 11 is 11.6. The molecular weight excluding hydrogens is 1190 g/mol. The molecule has 83 heavy (non-hydrogen) atoms. The summed E-state index contributed by atoms with van der Waals surface area (Å²) in [6, 6.07) is 13.2. The molecule has 31 heteroatoms. The van der Waals surface area contributed by atoms with Crippen LogP contribution in [0.3, 0.4) is 0 Å². The van der Waals surface area contributed by atoms with Gasteiger partial charge in [0, 0.05) is 57.2 Å². The number of carboxylic acid groups (broad SMARTS) is 1. The summed E-state index contributed by atoms with van der Waals surface area (Å²) in [4.78, 5) is 113. The van der Waals surface area contributed by atoms with Gasteiger partial charge in [0.1, 0.15) is 34.9 Å². The maximum absolute atomic E-state index is 12.7. The predicted molar refractivity (Wildman–Crippen MR) is 295 cm³/mol. The lowest BCUT2D eigenvalue weighted by Gasteiger charge is -2.31. The van der Waals surface area contributed by atoms with Crippen molar-refractivity contribution in [2.45, 2.75) is 83.0 Å². The number of rotatable bonds is 21. The number of carboxylic acids is 1. The highest BCUT2D eigenvalue weighted by atomic mass is 35.5. The van der Waals surface area contributed by atoms with Crippen LogP contribution in [0.25, 0.3) is 0 Å². The number of anilines is 1. The number of Topliss-reactive ketones (excluding diaryl/α,β-unsaturated/α-hetero) is 3. The second-order valence-corrected chi connectivity index (χ2v) is 23.2. The van der Waals surface area contributed by atoms with Crippen LogP contribution in [0.15, 0.2) is 77.7 Å². The first-order valence-electron chi connectivity index (χ1n) is 24.5. The van der Waals surface area contributed by atoms with Gasteiger partial charge in [-0.1, -0.05) is 36.7 Å². The molecule has 3 atom stereocenters. The number of ketones is 3. The van der Waals surface area contributed by atoms with Gasteiger partial charge in [-0.25, -0.2) is 18.0 Å². The summed E-state index contributed by atoms with van der Waals surface area (Å²) in [7, 11) is -5.16. The molecule has 3 unspecified atom stereocenters. The van der Waals surface area contributed by atoms with E-state index in [1.807, 2.05) is 26.0 Å². The Labute approximate surface area is 484 Å². The standard InChI is InChI=1S/C18H13ClF3NO7.C15H22ClNO2.C14H13NO7S.C5H12NO4P/c1-2-28-16(24)9-29-17(25)12-8-11(4-5-14(12)23(26)27)30-15-6-3-10(7-13(15)19)18(20,21)22;1-5-13-8-6-7-11(2)15(13)17(14(18)9-16)12(3)10-19-4;1-23(21,22)8-5-6-9(10(7-8)15(19)20)14(18)13-11(16)3-2-4-12(13)17;1-11(9,10)3-2-4(6)5(7)8/h3-8H,2,9H2,1H3;6-8,12H,5,9-10H2,1-4H3;5-7,13H,2-4H2,1H3;4H,2-3,6H2,1H3,(H,7,8)(H,9,10). The highest BCUT2D eigenvalue weighted by molar-refractivity contribution is 7.90. The molecule has 24 nitrogen and oxygen atoms in total. The molecule has 1 amide bonds. The van der Waals surface area contributed by atoms with Crippen molar-refractivity contribution in [2.24, 2.45) is 11.7 Å². The molecule has 1 aliphatic carbocycles. The summed E-state index contributed by atoms with van der Waals surface area (Å²) < 4.78 is 91.6. The number of nitro benzene ring substituents is 2. The van der Waals surface area contributed by atoms with Gasteiger partial charge in [0.2, 0.25) is 5.91 Å². The number of carbonyl (C=O) groups is 7. The number of nitro groups is 2. The van der Waals surface area contributed by atoms with E-state index in [1.54, 1.807) is 12.0 Å². The van der Waals surface area contributed by atoms with Crippen LogP contribution in [-0.2, 0) is 65.2 Å². The number of methoxy groups -OCH3 is 1. The second-order valence-electron chi connectivity index (χ2n) is 18.0. The first-order chi connectivity index (χ1) is 38.5. The Balaban J connectivity index is 0.000000398. The third kappa shape index (κ3) is 22.5. The molecule has 0 spiro atoms. The minimum absolute atomic E-state index is 0.0223. The number of carbonyl (C=O) groups excluding carboxylic acids is 6. The van der Waals surface area contributed by atoms with E-state index < -0.39 is 115 Å². The number of hydrogen-bond acceptors (Lipinski definition) is 19.